The first-order valence-corrected chi connectivity index (χ1v) is 3.66. The van der Waals surface area contributed by atoms with Gasteiger partial charge in [0.1, 0.15) is 0 Å². The lowest BCUT2D eigenvalue weighted by Gasteiger charge is -2.01. The van der Waals surface area contributed by atoms with Gasteiger partial charge in [0.15, 0.2) is 0 Å². The largest absolute Gasteiger partial charge is 0.337 e. The number of carbonyl (C=O) groups is 1. The van der Waals surface area contributed by atoms with E-state index in [1.54, 1.807) is 6.92 Å². The summed E-state index contributed by atoms with van der Waals surface area (Å²) in [7, 11) is 0. The van der Waals surface area contributed by atoms with E-state index in [9.17, 15) is 4.79 Å². The van der Waals surface area contributed by atoms with E-state index in [0.29, 0.717) is 19.5 Å². The van der Waals surface area contributed by atoms with E-state index in [0.717, 1.165) is 0 Å². The smallest absolute Gasteiger partial charge is 0.315 e. The van der Waals surface area contributed by atoms with Crippen molar-refractivity contribution in [1.82, 2.24) is 10.6 Å². The summed E-state index contributed by atoms with van der Waals surface area (Å²) in [6.07, 6.45) is 5.54. The maximum atomic E-state index is 10.8. The Labute approximate surface area is 72.9 Å². The fourth-order valence-electron chi connectivity index (χ4n) is 0.524. The van der Waals surface area contributed by atoms with Crippen LogP contribution in [0, 0.1) is 24.2 Å². The van der Waals surface area contributed by atoms with Crippen molar-refractivity contribution in [1.29, 1.82) is 0 Å². The molecule has 0 aromatic rings. The monoisotopic (exact) mass is 164 g/mol. The summed E-state index contributed by atoms with van der Waals surface area (Å²) in [5, 5.41) is 5.13. The lowest BCUT2D eigenvalue weighted by Crippen LogP contribution is -2.36. The Morgan fingerprint density at radius 3 is 2.83 bits per heavy atom. The van der Waals surface area contributed by atoms with Crippen LogP contribution in [0.3, 0.4) is 0 Å². The zero-order valence-electron chi connectivity index (χ0n) is 7.11. The molecule has 0 aliphatic heterocycles. The van der Waals surface area contributed by atoms with Gasteiger partial charge in [-0.25, -0.2) is 4.79 Å². The normalized spacial score (nSPS) is 7.33. The molecule has 0 bridgehead atoms. The van der Waals surface area contributed by atoms with E-state index in [-0.39, 0.29) is 6.03 Å². The Morgan fingerprint density at radius 2 is 2.25 bits per heavy atom. The van der Waals surface area contributed by atoms with E-state index in [2.05, 4.69) is 28.4 Å². The number of carbonyl (C=O) groups excluding carboxylic acids is 1. The van der Waals surface area contributed by atoms with Gasteiger partial charge in [0, 0.05) is 13.0 Å². The standard InChI is InChI=1S/C9H12N2O/c1-3-5-7-10-9(12)11-8-6-4-2/h1H,5,7-8H2,2H3,(H2,10,11,12). The van der Waals surface area contributed by atoms with Crippen LogP contribution < -0.4 is 10.6 Å². The molecule has 0 radical (unpaired) electrons. The van der Waals surface area contributed by atoms with Crippen molar-refractivity contribution in [2.75, 3.05) is 13.1 Å². The number of hydrogen-bond acceptors (Lipinski definition) is 1. The molecule has 0 aliphatic carbocycles. The topological polar surface area (TPSA) is 41.1 Å². The van der Waals surface area contributed by atoms with Gasteiger partial charge in [0.05, 0.1) is 6.54 Å². The lowest BCUT2D eigenvalue weighted by molar-refractivity contribution is 0.242. The molecule has 0 rings (SSSR count). The predicted octanol–water partition coefficient (Wildman–Crippen LogP) is 0.332. The molecule has 3 heteroatoms. The molecule has 0 fully saturated rings. The van der Waals surface area contributed by atoms with Crippen LogP contribution in [0.4, 0.5) is 4.79 Å². The summed E-state index contributed by atoms with van der Waals surface area (Å²) in [4.78, 5) is 10.8. The summed E-state index contributed by atoms with van der Waals surface area (Å²) in [5.74, 6) is 7.79. The molecule has 0 aliphatic rings. The van der Waals surface area contributed by atoms with Crippen LogP contribution in [0.2, 0.25) is 0 Å². The molecule has 2 amide bonds. The fourth-order valence-corrected chi connectivity index (χ4v) is 0.524. The minimum atomic E-state index is -0.229. The highest BCUT2D eigenvalue weighted by atomic mass is 16.2. The highest BCUT2D eigenvalue weighted by Gasteiger charge is 1.93. The van der Waals surface area contributed by atoms with E-state index in [1.807, 2.05) is 0 Å². The number of nitrogens with one attached hydrogen (secondary N) is 2. The van der Waals surface area contributed by atoms with Crippen LogP contribution in [0.25, 0.3) is 0 Å². The number of hydrogen-bond donors (Lipinski definition) is 2. The zero-order valence-corrected chi connectivity index (χ0v) is 7.11. The Morgan fingerprint density at radius 1 is 1.50 bits per heavy atom. The second kappa shape index (κ2) is 7.50. The molecule has 0 spiro atoms. The van der Waals surface area contributed by atoms with E-state index < -0.39 is 0 Å². The summed E-state index contributed by atoms with van der Waals surface area (Å²) in [6, 6.07) is -0.229. The van der Waals surface area contributed by atoms with Crippen molar-refractivity contribution < 1.29 is 4.79 Å². The van der Waals surface area contributed by atoms with Gasteiger partial charge in [-0.2, -0.15) is 0 Å². The molecule has 0 unspecified atom stereocenters. The number of amides is 2. The third-order valence-corrected chi connectivity index (χ3v) is 1.07. The van der Waals surface area contributed by atoms with Crippen molar-refractivity contribution >= 4 is 6.03 Å². The first-order chi connectivity index (χ1) is 5.81. The van der Waals surface area contributed by atoms with E-state index in [1.165, 1.54) is 0 Å². The second-order valence-corrected chi connectivity index (χ2v) is 1.99. The van der Waals surface area contributed by atoms with Gasteiger partial charge in [-0.15, -0.1) is 18.3 Å². The molecule has 0 atom stereocenters. The van der Waals surface area contributed by atoms with Crippen molar-refractivity contribution in [2.45, 2.75) is 13.3 Å². The molecule has 3 nitrogen and oxygen atoms in total. The molecule has 0 saturated carbocycles. The van der Waals surface area contributed by atoms with Gasteiger partial charge in [-0.1, -0.05) is 5.92 Å². The third-order valence-electron chi connectivity index (χ3n) is 1.07. The Balaban J connectivity index is 3.33. The number of rotatable bonds is 3. The van der Waals surface area contributed by atoms with E-state index >= 15 is 0 Å². The lowest BCUT2D eigenvalue weighted by atomic mass is 10.4. The van der Waals surface area contributed by atoms with Gasteiger partial charge < -0.3 is 10.6 Å². The molecule has 12 heavy (non-hydrogen) atoms. The van der Waals surface area contributed by atoms with Crippen molar-refractivity contribution in [3.63, 3.8) is 0 Å². The Kier molecular flexibility index (Phi) is 6.49. The maximum Gasteiger partial charge on any atom is 0.315 e. The van der Waals surface area contributed by atoms with Gasteiger partial charge >= 0.3 is 6.03 Å². The maximum absolute atomic E-state index is 10.8. The Hall–Kier alpha value is -1.61. The van der Waals surface area contributed by atoms with Gasteiger partial charge in [0.2, 0.25) is 0 Å². The van der Waals surface area contributed by atoms with Crippen LogP contribution in [-0.4, -0.2) is 19.1 Å². The summed E-state index contributed by atoms with van der Waals surface area (Å²) < 4.78 is 0. The molecular formula is C9H12N2O. The molecule has 2 N–H and O–H groups in total. The van der Waals surface area contributed by atoms with Crippen LogP contribution in [0.15, 0.2) is 0 Å². The molecule has 64 valence electrons. The molecule has 0 aromatic heterocycles. The van der Waals surface area contributed by atoms with Crippen LogP contribution in [-0.2, 0) is 0 Å². The molecular weight excluding hydrogens is 152 g/mol. The minimum Gasteiger partial charge on any atom is -0.337 e. The highest BCUT2D eigenvalue weighted by molar-refractivity contribution is 5.74. The molecule has 0 aromatic carbocycles. The Bertz CT molecular complexity index is 229. The van der Waals surface area contributed by atoms with Gasteiger partial charge in [-0.05, 0) is 6.92 Å². The fraction of sp³-hybridized carbons (Fsp3) is 0.444. The van der Waals surface area contributed by atoms with Gasteiger partial charge in [0.25, 0.3) is 0 Å². The average Bonchev–Trinajstić information content (AvgIpc) is 2.06. The van der Waals surface area contributed by atoms with Crippen LogP contribution >= 0.6 is 0 Å². The average molecular weight is 164 g/mol. The van der Waals surface area contributed by atoms with Crippen molar-refractivity contribution in [3.8, 4) is 24.2 Å². The summed E-state index contributed by atoms with van der Waals surface area (Å²) in [6.45, 7) is 2.60. The zero-order chi connectivity index (χ0) is 9.23. The summed E-state index contributed by atoms with van der Waals surface area (Å²) >= 11 is 0. The minimum absolute atomic E-state index is 0.229. The quantitative estimate of drug-likeness (QED) is 0.458. The number of terminal acetylenes is 1. The van der Waals surface area contributed by atoms with Crippen molar-refractivity contribution in [3.05, 3.63) is 0 Å². The number of urea groups is 1. The van der Waals surface area contributed by atoms with Crippen LogP contribution in [0.5, 0.6) is 0 Å². The third kappa shape index (κ3) is 6.51. The summed E-state index contributed by atoms with van der Waals surface area (Å²) in [5.41, 5.74) is 0. The predicted molar refractivity (Wildman–Crippen MR) is 48.3 cm³/mol. The SMILES string of the molecule is C#CCCNC(=O)NCC#CC. The highest BCUT2D eigenvalue weighted by Crippen LogP contribution is 1.70. The van der Waals surface area contributed by atoms with Crippen LogP contribution in [0.1, 0.15) is 13.3 Å². The first-order valence-electron chi connectivity index (χ1n) is 3.66. The van der Waals surface area contributed by atoms with E-state index in [4.69, 9.17) is 6.42 Å². The molecule has 0 heterocycles. The van der Waals surface area contributed by atoms with Crippen molar-refractivity contribution in [2.24, 2.45) is 0 Å². The second-order valence-electron chi connectivity index (χ2n) is 1.99. The van der Waals surface area contributed by atoms with Gasteiger partial charge in [-0.3, -0.25) is 0 Å². The first kappa shape index (κ1) is 10.4. The molecule has 0 saturated heterocycles.